The van der Waals surface area contributed by atoms with E-state index in [0.717, 1.165) is 25.2 Å². The Morgan fingerprint density at radius 3 is 2.70 bits per heavy atom. The molecule has 20 heavy (non-hydrogen) atoms. The molecule has 1 N–H and O–H groups in total. The molecule has 0 aliphatic heterocycles. The highest BCUT2D eigenvalue weighted by atomic mass is 35.5. The number of ether oxygens (including phenoxy) is 1. The molecule has 0 unspecified atom stereocenters. The van der Waals surface area contributed by atoms with E-state index in [9.17, 15) is 0 Å². The minimum Gasteiger partial charge on any atom is -0.437 e. The van der Waals surface area contributed by atoms with Gasteiger partial charge in [0, 0.05) is 18.3 Å². The molecule has 0 saturated heterocycles. The van der Waals surface area contributed by atoms with E-state index in [-0.39, 0.29) is 0 Å². The quantitative estimate of drug-likeness (QED) is 0.804. The van der Waals surface area contributed by atoms with Crippen molar-refractivity contribution in [2.45, 2.75) is 26.8 Å². The number of pyridine rings is 1. The molecule has 4 heteroatoms. The third-order valence-electron chi connectivity index (χ3n) is 2.96. The van der Waals surface area contributed by atoms with Crippen LogP contribution < -0.4 is 10.1 Å². The second-order valence-electron chi connectivity index (χ2n) is 4.60. The Morgan fingerprint density at radius 2 is 2.00 bits per heavy atom. The summed E-state index contributed by atoms with van der Waals surface area (Å²) in [5.41, 5.74) is 2.16. The lowest BCUT2D eigenvalue weighted by Gasteiger charge is -2.10. The summed E-state index contributed by atoms with van der Waals surface area (Å²) in [6.07, 6.45) is 1.13. The molecule has 0 spiro atoms. The Morgan fingerprint density at radius 1 is 1.20 bits per heavy atom. The largest absolute Gasteiger partial charge is 0.437 e. The summed E-state index contributed by atoms with van der Waals surface area (Å²) in [6.45, 7) is 5.98. The van der Waals surface area contributed by atoms with Gasteiger partial charge in [-0.1, -0.05) is 36.7 Å². The van der Waals surface area contributed by atoms with Gasteiger partial charge in [0.15, 0.2) is 0 Å². The van der Waals surface area contributed by atoms with Gasteiger partial charge < -0.3 is 10.1 Å². The maximum Gasteiger partial charge on any atom is 0.219 e. The monoisotopic (exact) mass is 290 g/mol. The molecule has 0 aliphatic carbocycles. The zero-order valence-electron chi connectivity index (χ0n) is 11.8. The van der Waals surface area contributed by atoms with E-state index < -0.39 is 0 Å². The van der Waals surface area contributed by atoms with E-state index in [1.54, 1.807) is 6.07 Å². The number of aryl methyl sites for hydroxylation is 1. The zero-order valence-corrected chi connectivity index (χ0v) is 12.6. The van der Waals surface area contributed by atoms with Gasteiger partial charge in [0.25, 0.3) is 0 Å². The number of halogens is 1. The molecule has 0 amide bonds. The first kappa shape index (κ1) is 14.8. The third kappa shape index (κ3) is 3.95. The zero-order chi connectivity index (χ0) is 14.4. The van der Waals surface area contributed by atoms with Crippen molar-refractivity contribution in [3.63, 3.8) is 0 Å². The number of para-hydroxylation sites is 1. The maximum absolute atomic E-state index is 6.07. The van der Waals surface area contributed by atoms with Crippen LogP contribution in [0, 0.1) is 6.92 Å². The molecule has 0 aliphatic rings. The number of benzene rings is 1. The highest BCUT2D eigenvalue weighted by Crippen LogP contribution is 2.28. The predicted molar refractivity (Wildman–Crippen MR) is 82.5 cm³/mol. The fraction of sp³-hybridized carbons (Fsp3) is 0.312. The molecule has 0 atom stereocenters. The molecule has 106 valence electrons. The van der Waals surface area contributed by atoms with E-state index in [1.807, 2.05) is 37.3 Å². The van der Waals surface area contributed by atoms with Crippen LogP contribution >= 0.6 is 11.6 Å². The van der Waals surface area contributed by atoms with E-state index in [0.29, 0.717) is 16.7 Å². The van der Waals surface area contributed by atoms with Gasteiger partial charge in [0.05, 0.1) is 5.02 Å². The number of hydrogen-bond donors (Lipinski definition) is 1. The molecule has 3 nitrogen and oxygen atoms in total. The van der Waals surface area contributed by atoms with E-state index in [2.05, 4.69) is 17.2 Å². The first-order chi connectivity index (χ1) is 9.70. The maximum atomic E-state index is 6.07. The second-order valence-corrected chi connectivity index (χ2v) is 5.01. The van der Waals surface area contributed by atoms with Crippen molar-refractivity contribution in [3.8, 4) is 11.6 Å². The fourth-order valence-corrected chi connectivity index (χ4v) is 2.02. The Balaban J connectivity index is 2.07. The van der Waals surface area contributed by atoms with Gasteiger partial charge in [-0.25, -0.2) is 4.98 Å². The lowest BCUT2D eigenvalue weighted by molar-refractivity contribution is 0.461. The average Bonchev–Trinajstić information content (AvgIpc) is 2.44. The van der Waals surface area contributed by atoms with Crippen molar-refractivity contribution >= 4 is 11.6 Å². The molecule has 1 heterocycles. The van der Waals surface area contributed by atoms with Crippen molar-refractivity contribution in [2.75, 3.05) is 6.54 Å². The van der Waals surface area contributed by atoms with Gasteiger partial charge in [-0.05, 0) is 37.6 Å². The molecule has 2 aromatic rings. The number of hydrogen-bond acceptors (Lipinski definition) is 3. The topological polar surface area (TPSA) is 34.1 Å². The summed E-state index contributed by atoms with van der Waals surface area (Å²) >= 11 is 6.07. The van der Waals surface area contributed by atoms with Gasteiger partial charge in [0.1, 0.15) is 5.75 Å². The predicted octanol–water partition coefficient (Wildman–Crippen LogP) is 4.34. The van der Waals surface area contributed by atoms with Crippen LogP contribution in [-0.4, -0.2) is 11.5 Å². The Hall–Kier alpha value is -1.58. The molecule has 0 radical (unpaired) electrons. The molecule has 1 aromatic heterocycles. The number of rotatable bonds is 6. The average molecular weight is 291 g/mol. The van der Waals surface area contributed by atoms with Crippen LogP contribution in [0.15, 0.2) is 36.4 Å². The third-order valence-corrected chi connectivity index (χ3v) is 3.28. The van der Waals surface area contributed by atoms with E-state index in [4.69, 9.17) is 16.3 Å². The normalized spacial score (nSPS) is 10.6. The lowest BCUT2D eigenvalue weighted by atomic mass is 10.2. The van der Waals surface area contributed by atoms with E-state index in [1.165, 1.54) is 5.56 Å². The van der Waals surface area contributed by atoms with Crippen molar-refractivity contribution in [3.05, 3.63) is 52.7 Å². The van der Waals surface area contributed by atoms with Crippen LogP contribution in [0.3, 0.4) is 0 Å². The van der Waals surface area contributed by atoms with Crippen LogP contribution in [0.2, 0.25) is 5.02 Å². The summed E-state index contributed by atoms with van der Waals surface area (Å²) in [5.74, 6) is 1.19. The molecule has 0 fully saturated rings. The van der Waals surface area contributed by atoms with Crippen LogP contribution in [-0.2, 0) is 6.54 Å². The van der Waals surface area contributed by atoms with Crippen molar-refractivity contribution in [2.24, 2.45) is 0 Å². The summed E-state index contributed by atoms with van der Waals surface area (Å²) < 4.78 is 5.71. The standard InChI is InChI=1S/C16H19ClN2O/c1-3-10-18-11-13-8-9-16(19-12(13)2)20-15-7-5-4-6-14(15)17/h4-9,18H,3,10-11H2,1-2H3. The summed E-state index contributed by atoms with van der Waals surface area (Å²) in [6, 6.07) is 11.3. The highest BCUT2D eigenvalue weighted by Gasteiger charge is 2.05. The van der Waals surface area contributed by atoms with Gasteiger partial charge in [-0.15, -0.1) is 0 Å². The van der Waals surface area contributed by atoms with Crippen LogP contribution in [0.25, 0.3) is 0 Å². The number of nitrogens with one attached hydrogen (secondary N) is 1. The van der Waals surface area contributed by atoms with E-state index >= 15 is 0 Å². The molecular formula is C16H19ClN2O. The van der Waals surface area contributed by atoms with Crippen molar-refractivity contribution in [1.82, 2.24) is 10.3 Å². The first-order valence-corrected chi connectivity index (χ1v) is 7.18. The Labute approximate surface area is 124 Å². The highest BCUT2D eigenvalue weighted by molar-refractivity contribution is 6.32. The molecular weight excluding hydrogens is 272 g/mol. The van der Waals surface area contributed by atoms with Crippen LogP contribution in [0.5, 0.6) is 11.6 Å². The lowest BCUT2D eigenvalue weighted by Crippen LogP contribution is -2.15. The van der Waals surface area contributed by atoms with Gasteiger partial charge in [-0.2, -0.15) is 0 Å². The minimum atomic E-state index is 0.565. The van der Waals surface area contributed by atoms with Gasteiger partial charge in [-0.3, -0.25) is 0 Å². The first-order valence-electron chi connectivity index (χ1n) is 6.80. The second kappa shape index (κ2) is 7.27. The molecule has 2 rings (SSSR count). The minimum absolute atomic E-state index is 0.565. The Kier molecular flexibility index (Phi) is 5.39. The molecule has 0 bridgehead atoms. The summed E-state index contributed by atoms with van der Waals surface area (Å²) in [7, 11) is 0. The van der Waals surface area contributed by atoms with Crippen LogP contribution in [0.1, 0.15) is 24.6 Å². The van der Waals surface area contributed by atoms with Gasteiger partial charge in [0.2, 0.25) is 5.88 Å². The van der Waals surface area contributed by atoms with Crippen molar-refractivity contribution < 1.29 is 4.74 Å². The van der Waals surface area contributed by atoms with Crippen LogP contribution in [0.4, 0.5) is 0 Å². The number of nitrogens with zero attached hydrogens (tertiary/aromatic N) is 1. The SMILES string of the molecule is CCCNCc1ccc(Oc2ccccc2Cl)nc1C. The molecule has 1 aromatic carbocycles. The van der Waals surface area contributed by atoms with Crippen molar-refractivity contribution in [1.29, 1.82) is 0 Å². The smallest absolute Gasteiger partial charge is 0.219 e. The number of aromatic nitrogens is 1. The van der Waals surface area contributed by atoms with Gasteiger partial charge >= 0.3 is 0 Å². The molecule has 0 saturated carbocycles. The fourth-order valence-electron chi connectivity index (χ4n) is 1.85. The summed E-state index contributed by atoms with van der Waals surface area (Å²) in [4.78, 5) is 4.47. The summed E-state index contributed by atoms with van der Waals surface area (Å²) in [5, 5.41) is 3.95. The Bertz CT molecular complexity index is 572.